The number of ketones is 1. The number of rotatable bonds is 4. The number of allylic oxidation sites excluding steroid dienone is 13. The summed E-state index contributed by atoms with van der Waals surface area (Å²) < 4.78 is 12.7. The quantitative estimate of drug-likeness (QED) is 0.352. The van der Waals surface area contributed by atoms with E-state index in [0.29, 0.717) is 18.4 Å². The molecule has 3 aliphatic rings. The topological polar surface area (TPSA) is 58.6 Å². The van der Waals surface area contributed by atoms with Crippen molar-refractivity contribution in [3.05, 3.63) is 81.0 Å². The van der Waals surface area contributed by atoms with Gasteiger partial charge < -0.3 is 14.6 Å². The standard InChI is InChI=1S/C36H52O4/c1-15-23(21-17-25(33(3,4)5)39-26(18-21)34(6,7)8)29-31(37)30(32(29)38)24(16-2)22-19-27(35(9,10)11)40-28(20-22)36(12,13)14/h17-20,29,37H,15-16H2,1-14H3/p-1. The van der Waals surface area contributed by atoms with Crippen LogP contribution in [0.4, 0.5) is 0 Å². The summed E-state index contributed by atoms with van der Waals surface area (Å²) in [7, 11) is 0. The normalized spacial score (nSPS) is 20.6. The van der Waals surface area contributed by atoms with Crippen molar-refractivity contribution in [1.82, 2.24) is 0 Å². The maximum absolute atomic E-state index is 13.9. The van der Waals surface area contributed by atoms with E-state index in [2.05, 4.69) is 83.1 Å². The highest BCUT2D eigenvalue weighted by atomic mass is 16.5. The van der Waals surface area contributed by atoms with Gasteiger partial charge in [0.05, 0.1) is 5.92 Å². The summed E-state index contributed by atoms with van der Waals surface area (Å²) in [6, 6.07) is 0. The zero-order valence-electron chi connectivity index (χ0n) is 27.4. The van der Waals surface area contributed by atoms with Crippen LogP contribution >= 0.6 is 0 Å². The molecular weight excluding hydrogens is 496 g/mol. The monoisotopic (exact) mass is 547 g/mol. The van der Waals surface area contributed by atoms with Crippen LogP contribution in [-0.2, 0) is 14.3 Å². The number of hydrogen-bond acceptors (Lipinski definition) is 4. The van der Waals surface area contributed by atoms with Crippen LogP contribution in [0.15, 0.2) is 81.0 Å². The van der Waals surface area contributed by atoms with Gasteiger partial charge >= 0.3 is 0 Å². The Bertz CT molecular complexity index is 1230. The predicted octanol–water partition coefficient (Wildman–Crippen LogP) is 8.99. The van der Waals surface area contributed by atoms with Crippen LogP contribution in [0, 0.1) is 27.6 Å². The highest BCUT2D eigenvalue weighted by Gasteiger charge is 2.40. The SMILES string of the molecule is CCC(=C1C=C(C(C)(C)C)OC(C(C)(C)C)=C1)C1=C([O-])C(C(CC)=C2C=C(C(C)(C)C)OC(C(C)(C)C)=C2)C1=O. The van der Waals surface area contributed by atoms with Crippen molar-refractivity contribution in [3.63, 3.8) is 0 Å². The van der Waals surface area contributed by atoms with E-state index in [1.807, 2.05) is 38.2 Å². The Morgan fingerprint density at radius 3 is 1.27 bits per heavy atom. The summed E-state index contributed by atoms with van der Waals surface area (Å²) >= 11 is 0. The molecule has 1 atom stereocenters. The molecule has 4 heteroatoms. The lowest BCUT2D eigenvalue weighted by molar-refractivity contribution is -0.316. The molecule has 2 heterocycles. The minimum absolute atomic E-state index is 0.0791. The highest BCUT2D eigenvalue weighted by molar-refractivity contribution is 6.11. The number of hydrogen-bond donors (Lipinski definition) is 0. The molecule has 0 spiro atoms. The first kappa shape index (κ1) is 31.8. The fourth-order valence-electron chi connectivity index (χ4n) is 5.01. The van der Waals surface area contributed by atoms with Gasteiger partial charge in [-0.15, -0.1) is 5.76 Å². The van der Waals surface area contributed by atoms with E-state index in [1.54, 1.807) is 0 Å². The lowest BCUT2D eigenvalue weighted by Gasteiger charge is -2.41. The van der Waals surface area contributed by atoms with Gasteiger partial charge in [-0.05, 0) is 59.4 Å². The average Bonchev–Trinajstić information content (AvgIpc) is 2.82. The molecule has 1 unspecified atom stereocenters. The lowest BCUT2D eigenvalue weighted by Crippen LogP contribution is -2.40. The van der Waals surface area contributed by atoms with Crippen LogP contribution in [-0.4, -0.2) is 5.78 Å². The van der Waals surface area contributed by atoms with Crippen LogP contribution in [0.5, 0.6) is 0 Å². The van der Waals surface area contributed by atoms with Crippen molar-refractivity contribution in [2.45, 2.75) is 110 Å². The van der Waals surface area contributed by atoms with Crippen molar-refractivity contribution in [2.75, 3.05) is 0 Å². The Labute approximate surface area is 243 Å². The molecule has 40 heavy (non-hydrogen) atoms. The summed E-state index contributed by atoms with van der Waals surface area (Å²) in [6.07, 6.45) is 9.29. The maximum atomic E-state index is 13.9. The van der Waals surface area contributed by atoms with Crippen LogP contribution in [0.25, 0.3) is 0 Å². The van der Waals surface area contributed by atoms with Gasteiger partial charge in [0.2, 0.25) is 0 Å². The zero-order chi connectivity index (χ0) is 30.6. The van der Waals surface area contributed by atoms with Gasteiger partial charge in [-0.1, -0.05) is 96.9 Å². The van der Waals surface area contributed by atoms with E-state index in [0.717, 1.165) is 45.3 Å². The zero-order valence-corrected chi connectivity index (χ0v) is 27.4. The van der Waals surface area contributed by atoms with E-state index in [9.17, 15) is 9.90 Å². The van der Waals surface area contributed by atoms with Gasteiger partial charge in [0.25, 0.3) is 0 Å². The summed E-state index contributed by atoms with van der Waals surface area (Å²) in [5, 5.41) is 13.9. The van der Waals surface area contributed by atoms with Crippen LogP contribution in [0.2, 0.25) is 0 Å². The minimum atomic E-state index is -0.748. The Balaban J connectivity index is 2.22. The summed E-state index contributed by atoms with van der Waals surface area (Å²) in [6.45, 7) is 29.4. The molecule has 4 nitrogen and oxygen atoms in total. The third kappa shape index (κ3) is 6.26. The van der Waals surface area contributed by atoms with Gasteiger partial charge in [-0.2, -0.15) is 0 Å². The fourth-order valence-corrected chi connectivity index (χ4v) is 5.01. The molecule has 220 valence electrons. The lowest BCUT2D eigenvalue weighted by atomic mass is 9.70. The van der Waals surface area contributed by atoms with Gasteiger partial charge in [-0.25, -0.2) is 0 Å². The van der Waals surface area contributed by atoms with Gasteiger partial charge in [0.1, 0.15) is 23.0 Å². The molecule has 0 amide bonds. The van der Waals surface area contributed by atoms with Crippen LogP contribution < -0.4 is 5.11 Å². The Morgan fingerprint density at radius 2 is 1.00 bits per heavy atom. The fraction of sp³-hybridized carbons (Fsp3) is 0.583. The van der Waals surface area contributed by atoms with E-state index >= 15 is 0 Å². The number of Topliss-reactive ketones (excluding diaryl/α,β-unsaturated/α-hetero) is 1. The van der Waals surface area contributed by atoms with E-state index < -0.39 is 5.92 Å². The minimum Gasteiger partial charge on any atom is -0.874 e. The molecule has 0 aromatic rings. The van der Waals surface area contributed by atoms with Crippen molar-refractivity contribution in [2.24, 2.45) is 27.6 Å². The molecule has 2 aliphatic heterocycles. The summed E-state index contributed by atoms with van der Waals surface area (Å²) in [5.41, 5.74) is 3.00. The Morgan fingerprint density at radius 1 is 0.650 bits per heavy atom. The smallest absolute Gasteiger partial charge is 0.172 e. The Kier molecular flexibility index (Phi) is 8.40. The first-order chi connectivity index (χ1) is 18.1. The largest absolute Gasteiger partial charge is 0.874 e. The second-order valence-electron chi connectivity index (χ2n) is 15.4. The molecular formula is C36H51O4-. The van der Waals surface area contributed by atoms with E-state index in [-0.39, 0.29) is 33.2 Å². The van der Waals surface area contributed by atoms with Crippen molar-refractivity contribution in [3.8, 4) is 0 Å². The second-order valence-corrected chi connectivity index (χ2v) is 15.4. The molecule has 1 aliphatic carbocycles. The predicted molar refractivity (Wildman–Crippen MR) is 162 cm³/mol. The summed E-state index contributed by atoms with van der Waals surface area (Å²) in [4.78, 5) is 13.9. The summed E-state index contributed by atoms with van der Waals surface area (Å²) in [5.74, 6) is 2.48. The number of ether oxygens (including phenoxy) is 2. The Hall–Kier alpha value is -2.75. The molecule has 0 aromatic heterocycles. The average molecular weight is 548 g/mol. The van der Waals surface area contributed by atoms with E-state index in [1.165, 1.54) is 0 Å². The third-order valence-electron chi connectivity index (χ3n) is 7.66. The number of carbonyl (C=O) groups is 1. The first-order valence-corrected chi connectivity index (χ1v) is 14.8. The van der Waals surface area contributed by atoms with Crippen molar-refractivity contribution < 1.29 is 19.4 Å². The highest BCUT2D eigenvalue weighted by Crippen LogP contribution is 2.47. The molecule has 0 bridgehead atoms. The third-order valence-corrected chi connectivity index (χ3v) is 7.66. The molecule has 0 aromatic carbocycles. The van der Waals surface area contributed by atoms with Crippen LogP contribution in [0.1, 0.15) is 110 Å². The molecule has 0 radical (unpaired) electrons. The molecule has 0 N–H and O–H groups in total. The maximum Gasteiger partial charge on any atom is 0.172 e. The van der Waals surface area contributed by atoms with Gasteiger partial charge in [0, 0.05) is 27.2 Å². The molecule has 0 saturated carbocycles. The molecule has 3 rings (SSSR count). The van der Waals surface area contributed by atoms with Crippen molar-refractivity contribution in [1.29, 1.82) is 0 Å². The van der Waals surface area contributed by atoms with E-state index in [4.69, 9.17) is 9.47 Å². The van der Waals surface area contributed by atoms with Gasteiger partial charge in [-0.3, -0.25) is 4.79 Å². The molecule has 0 saturated heterocycles. The van der Waals surface area contributed by atoms with Gasteiger partial charge in [0.15, 0.2) is 5.78 Å². The number of carbonyl (C=O) groups excluding carboxylic acids is 1. The van der Waals surface area contributed by atoms with Crippen molar-refractivity contribution >= 4 is 5.78 Å². The second kappa shape index (κ2) is 10.6. The van der Waals surface area contributed by atoms with Crippen LogP contribution in [0.3, 0.4) is 0 Å². The first-order valence-electron chi connectivity index (χ1n) is 14.8. The molecule has 0 fully saturated rings.